The third kappa shape index (κ3) is 4.01. The summed E-state index contributed by atoms with van der Waals surface area (Å²) in [6.45, 7) is 1.35. The van der Waals surface area contributed by atoms with E-state index in [9.17, 15) is 18.0 Å². The minimum atomic E-state index is -3.65. The van der Waals surface area contributed by atoms with Crippen LogP contribution in [0.1, 0.15) is 50.1 Å². The average Bonchev–Trinajstić information content (AvgIpc) is 2.80. The molecular weight excluding hydrogens is 426 g/mol. The van der Waals surface area contributed by atoms with Crippen LogP contribution in [0, 0.1) is 11.8 Å². The average molecular weight is 456 g/mol. The quantitative estimate of drug-likeness (QED) is 0.767. The number of rotatable bonds is 4. The van der Waals surface area contributed by atoms with Gasteiger partial charge in [-0.25, -0.2) is 8.42 Å². The second-order valence-electron chi connectivity index (χ2n) is 9.37. The monoisotopic (exact) mass is 455 g/mol. The van der Waals surface area contributed by atoms with Gasteiger partial charge in [0.25, 0.3) is 5.56 Å². The molecule has 1 aromatic heterocycles. The van der Waals surface area contributed by atoms with Gasteiger partial charge in [-0.05, 0) is 55.5 Å². The lowest BCUT2D eigenvalue weighted by Gasteiger charge is -2.42. The first-order chi connectivity index (χ1) is 15.4. The van der Waals surface area contributed by atoms with Crippen LogP contribution in [0.2, 0.25) is 0 Å². The second kappa shape index (κ2) is 8.48. The Labute approximate surface area is 188 Å². The van der Waals surface area contributed by atoms with E-state index in [4.69, 9.17) is 0 Å². The van der Waals surface area contributed by atoms with Crippen LogP contribution in [0.3, 0.4) is 0 Å². The number of carbonyl (C=O) groups excluding carboxylic acids is 1. The molecule has 3 heterocycles. The van der Waals surface area contributed by atoms with Crippen molar-refractivity contribution >= 4 is 21.6 Å². The number of hydrogen-bond acceptors (Lipinski definition) is 4. The highest BCUT2D eigenvalue weighted by Crippen LogP contribution is 2.37. The van der Waals surface area contributed by atoms with Gasteiger partial charge in [-0.2, -0.15) is 4.31 Å². The summed E-state index contributed by atoms with van der Waals surface area (Å²) in [7, 11) is -3.65. The van der Waals surface area contributed by atoms with Gasteiger partial charge in [0.1, 0.15) is 0 Å². The highest BCUT2D eigenvalue weighted by molar-refractivity contribution is 7.89. The molecule has 2 fully saturated rings. The van der Waals surface area contributed by atoms with Crippen molar-refractivity contribution in [3.8, 4) is 0 Å². The molecule has 7 nitrogen and oxygen atoms in total. The van der Waals surface area contributed by atoms with Gasteiger partial charge in [-0.3, -0.25) is 9.59 Å². The van der Waals surface area contributed by atoms with Crippen molar-refractivity contribution in [2.24, 2.45) is 11.8 Å². The summed E-state index contributed by atoms with van der Waals surface area (Å²) in [5.41, 5.74) is 1.54. The molecule has 3 aliphatic rings. The van der Waals surface area contributed by atoms with E-state index in [-0.39, 0.29) is 34.1 Å². The lowest BCUT2D eigenvalue weighted by molar-refractivity contribution is -0.120. The van der Waals surface area contributed by atoms with E-state index in [1.54, 1.807) is 45.3 Å². The molecule has 2 aliphatic heterocycles. The highest BCUT2D eigenvalue weighted by atomic mass is 32.2. The highest BCUT2D eigenvalue weighted by Gasteiger charge is 2.39. The third-order valence-electron chi connectivity index (χ3n) is 7.18. The number of piperidine rings is 1. The fraction of sp³-hybridized carbons (Fsp3) is 0.500. The summed E-state index contributed by atoms with van der Waals surface area (Å²) >= 11 is 0. The first-order valence-corrected chi connectivity index (χ1v) is 13.0. The fourth-order valence-electron chi connectivity index (χ4n) is 5.52. The van der Waals surface area contributed by atoms with E-state index in [1.165, 1.54) is 6.42 Å². The van der Waals surface area contributed by atoms with Crippen molar-refractivity contribution < 1.29 is 13.2 Å². The van der Waals surface area contributed by atoms with Crippen LogP contribution in [0.5, 0.6) is 0 Å². The van der Waals surface area contributed by atoms with Gasteiger partial charge >= 0.3 is 0 Å². The van der Waals surface area contributed by atoms with Crippen LogP contribution in [0.15, 0.2) is 52.2 Å². The lowest BCUT2D eigenvalue weighted by Crippen LogP contribution is -2.48. The summed E-state index contributed by atoms with van der Waals surface area (Å²) in [4.78, 5) is 24.9. The molecule has 0 spiro atoms. The largest absolute Gasteiger partial charge is 0.326 e. The molecule has 0 unspecified atom stereocenters. The van der Waals surface area contributed by atoms with Gasteiger partial charge in [0.05, 0.1) is 4.90 Å². The second-order valence-corrected chi connectivity index (χ2v) is 11.3. The number of fused-ring (bicyclic) bond motifs is 4. The minimum absolute atomic E-state index is 0.0145. The summed E-state index contributed by atoms with van der Waals surface area (Å²) in [5.74, 6) is 0.235. The van der Waals surface area contributed by atoms with Crippen molar-refractivity contribution in [3.63, 3.8) is 0 Å². The van der Waals surface area contributed by atoms with Crippen LogP contribution >= 0.6 is 0 Å². The molecule has 2 bridgehead atoms. The smallest absolute Gasteiger partial charge is 0.250 e. The van der Waals surface area contributed by atoms with Crippen molar-refractivity contribution in [1.82, 2.24) is 8.87 Å². The van der Waals surface area contributed by atoms with Crippen LogP contribution in [-0.4, -0.2) is 36.3 Å². The topological polar surface area (TPSA) is 88.5 Å². The van der Waals surface area contributed by atoms with Crippen LogP contribution in [0.4, 0.5) is 5.69 Å². The molecule has 8 heteroatoms. The normalized spacial score (nSPS) is 24.0. The molecule has 32 heavy (non-hydrogen) atoms. The zero-order chi connectivity index (χ0) is 22.3. The van der Waals surface area contributed by atoms with Crippen LogP contribution < -0.4 is 10.9 Å². The van der Waals surface area contributed by atoms with Crippen LogP contribution in [-0.2, 0) is 21.4 Å². The zero-order valence-corrected chi connectivity index (χ0v) is 18.9. The van der Waals surface area contributed by atoms with Crippen LogP contribution in [0.25, 0.3) is 0 Å². The first kappa shape index (κ1) is 21.4. The number of sulfonamides is 1. The van der Waals surface area contributed by atoms with Gasteiger partial charge in [0.15, 0.2) is 0 Å². The third-order valence-corrected chi connectivity index (χ3v) is 9.03. The Kier molecular flexibility index (Phi) is 5.67. The molecule has 1 aliphatic carbocycles. The van der Waals surface area contributed by atoms with Crippen molar-refractivity contribution in [2.45, 2.75) is 55.9 Å². The Bertz CT molecular complexity index is 1170. The van der Waals surface area contributed by atoms with E-state index >= 15 is 0 Å². The van der Waals surface area contributed by atoms with Crippen molar-refractivity contribution in [2.75, 3.05) is 18.4 Å². The van der Waals surface area contributed by atoms with E-state index in [2.05, 4.69) is 5.32 Å². The molecule has 2 atom stereocenters. The Morgan fingerprint density at radius 1 is 0.938 bits per heavy atom. The number of nitrogens with zero attached hydrogens (tertiary/aromatic N) is 2. The fourth-order valence-corrected chi connectivity index (χ4v) is 7.08. The zero-order valence-electron chi connectivity index (χ0n) is 18.1. The number of hydrogen-bond donors (Lipinski definition) is 1. The van der Waals surface area contributed by atoms with Gasteiger partial charge in [-0.1, -0.05) is 25.3 Å². The van der Waals surface area contributed by atoms with E-state index in [1.807, 2.05) is 6.07 Å². The SMILES string of the molecule is O=C(Nc1ccc(S(=O)(=O)N2C[C@@H]3C[C@H](C2)c2cccc(=O)n2C3)cc1)C1CCCCC1. The number of pyridine rings is 1. The number of carbonyl (C=O) groups is 1. The molecule has 170 valence electrons. The minimum Gasteiger partial charge on any atom is -0.326 e. The molecule has 1 N–H and O–H groups in total. The van der Waals surface area contributed by atoms with Gasteiger partial charge in [-0.15, -0.1) is 0 Å². The summed E-state index contributed by atoms with van der Waals surface area (Å²) < 4.78 is 30.1. The molecular formula is C24H29N3O4S. The Balaban J connectivity index is 1.31. The number of benzene rings is 1. The van der Waals surface area contributed by atoms with Gasteiger partial charge in [0.2, 0.25) is 15.9 Å². The summed E-state index contributed by atoms with van der Waals surface area (Å²) in [5, 5.41) is 2.94. The number of nitrogens with one attached hydrogen (secondary N) is 1. The lowest BCUT2D eigenvalue weighted by atomic mass is 9.84. The Morgan fingerprint density at radius 3 is 2.44 bits per heavy atom. The number of amides is 1. The van der Waals surface area contributed by atoms with Crippen molar-refractivity contribution in [3.05, 3.63) is 58.5 Å². The summed E-state index contributed by atoms with van der Waals surface area (Å²) in [6.07, 6.45) is 6.12. The van der Waals surface area contributed by atoms with Gasteiger partial charge < -0.3 is 9.88 Å². The summed E-state index contributed by atoms with van der Waals surface area (Å²) in [6, 6.07) is 11.8. The maximum Gasteiger partial charge on any atom is 0.250 e. The van der Waals surface area contributed by atoms with E-state index < -0.39 is 10.0 Å². The maximum atomic E-state index is 13.3. The molecule has 1 amide bonds. The Morgan fingerprint density at radius 2 is 1.69 bits per heavy atom. The molecule has 1 saturated carbocycles. The standard InChI is InChI=1S/C24H29N3O4S/c28-23-8-4-7-22-19-13-17(15-27(22)23)14-26(16-19)32(30,31)21-11-9-20(10-12-21)25-24(29)18-5-2-1-3-6-18/h4,7-12,17-19H,1-3,5-6,13-16H2,(H,25,29)/t17-,19+/m0/s1. The predicted octanol–water partition coefficient (Wildman–Crippen LogP) is 3.18. The molecule has 2 aromatic rings. The van der Waals surface area contributed by atoms with E-state index in [0.717, 1.165) is 37.8 Å². The molecule has 1 saturated heterocycles. The van der Waals surface area contributed by atoms with Crippen molar-refractivity contribution in [1.29, 1.82) is 0 Å². The first-order valence-electron chi connectivity index (χ1n) is 11.5. The molecule has 1 aromatic carbocycles. The van der Waals surface area contributed by atoms with E-state index in [0.29, 0.717) is 25.3 Å². The number of aromatic nitrogens is 1. The predicted molar refractivity (Wildman–Crippen MR) is 122 cm³/mol. The molecule has 5 rings (SSSR count). The molecule has 0 radical (unpaired) electrons. The number of anilines is 1. The maximum absolute atomic E-state index is 13.3. The van der Waals surface area contributed by atoms with Gasteiger partial charge in [0, 0.05) is 48.9 Å². The Hall–Kier alpha value is -2.45.